The topological polar surface area (TPSA) is 158 Å². The molecule has 0 heterocycles. The molecule has 0 saturated carbocycles. The first-order valence-corrected chi connectivity index (χ1v) is 12.5. The third-order valence-corrected chi connectivity index (χ3v) is 6.54. The van der Waals surface area contributed by atoms with E-state index in [1.807, 2.05) is 0 Å². The number of amidine groups is 1. The zero-order chi connectivity index (χ0) is 28.8. The Morgan fingerprint density at radius 3 is 2.31 bits per heavy atom. The Morgan fingerprint density at radius 2 is 1.69 bits per heavy atom. The highest BCUT2D eigenvalue weighted by atomic mass is 32.2. The van der Waals surface area contributed by atoms with Gasteiger partial charge in [-0.2, -0.15) is 13.2 Å². The van der Waals surface area contributed by atoms with E-state index in [-0.39, 0.29) is 28.8 Å². The molecule has 0 bridgehead atoms. The van der Waals surface area contributed by atoms with Gasteiger partial charge < -0.3 is 19.9 Å². The summed E-state index contributed by atoms with van der Waals surface area (Å²) in [5.74, 6) is -4.12. The van der Waals surface area contributed by atoms with E-state index in [0.717, 1.165) is 17.7 Å². The number of rotatable bonds is 10. The molecular weight excluding hydrogens is 543 g/mol. The van der Waals surface area contributed by atoms with Crippen LogP contribution in [0.4, 0.5) is 18.9 Å². The zero-order valence-electron chi connectivity index (χ0n) is 20.2. The van der Waals surface area contributed by atoms with Crippen LogP contribution >= 0.6 is 0 Å². The number of nitrogens with two attached hydrogens (primary N) is 1. The average molecular weight is 566 g/mol. The van der Waals surface area contributed by atoms with Crippen LogP contribution in [-0.4, -0.2) is 46.1 Å². The maximum atomic E-state index is 13.2. The number of carbonyl (C=O) groups excluding carboxylic acids is 2. The lowest BCUT2D eigenvalue weighted by molar-refractivity contribution is -0.193. The summed E-state index contributed by atoms with van der Waals surface area (Å²) in [6, 6.07) is 15.2. The van der Waals surface area contributed by atoms with Gasteiger partial charge in [-0.15, -0.1) is 0 Å². The molecule has 0 fully saturated rings. The Labute approximate surface area is 221 Å². The van der Waals surface area contributed by atoms with Crippen molar-refractivity contribution in [1.29, 1.82) is 5.41 Å². The van der Waals surface area contributed by atoms with E-state index in [2.05, 4.69) is 9.46 Å². The second-order valence-corrected chi connectivity index (χ2v) is 9.53. The maximum Gasteiger partial charge on any atom is 0.491 e. The summed E-state index contributed by atoms with van der Waals surface area (Å²) in [6.45, 7) is 0.0731. The Hall–Kier alpha value is -4.59. The number of ether oxygens (including phenoxy) is 3. The molecule has 0 radical (unpaired) electrons. The van der Waals surface area contributed by atoms with Gasteiger partial charge in [0, 0.05) is 23.7 Å². The summed E-state index contributed by atoms with van der Waals surface area (Å²) in [5, 5.41) is 7.44. The minimum atomic E-state index is -5.38. The fourth-order valence-corrected chi connectivity index (χ4v) is 4.38. The van der Waals surface area contributed by atoms with Gasteiger partial charge in [-0.25, -0.2) is 18.0 Å². The van der Waals surface area contributed by atoms with Gasteiger partial charge >= 0.3 is 18.1 Å². The van der Waals surface area contributed by atoms with E-state index in [9.17, 15) is 31.2 Å². The van der Waals surface area contributed by atoms with E-state index in [1.165, 1.54) is 37.4 Å². The highest BCUT2D eigenvalue weighted by Crippen LogP contribution is 2.30. The van der Waals surface area contributed by atoms with Crippen molar-refractivity contribution in [2.45, 2.75) is 17.5 Å². The number of anilines is 1. The molecule has 0 aromatic heterocycles. The third kappa shape index (κ3) is 7.70. The summed E-state index contributed by atoms with van der Waals surface area (Å²) in [5.41, 5.74) is 6.17. The second kappa shape index (κ2) is 11.9. The number of nitrogens with one attached hydrogen (secondary N) is 2. The van der Waals surface area contributed by atoms with Gasteiger partial charge in [0.05, 0.1) is 19.3 Å². The first-order chi connectivity index (χ1) is 18.3. The number of alkyl halides is 3. The van der Waals surface area contributed by atoms with Gasteiger partial charge in [-0.05, 0) is 35.9 Å². The molecule has 0 aliphatic rings. The summed E-state index contributed by atoms with van der Waals surface area (Å²) in [4.78, 5) is 22.6. The lowest BCUT2D eigenvalue weighted by Gasteiger charge is -2.15. The summed E-state index contributed by atoms with van der Waals surface area (Å²) in [6.07, 6.45) is -4.99. The molecule has 0 amide bonds. The summed E-state index contributed by atoms with van der Waals surface area (Å²) < 4.78 is 80.4. The van der Waals surface area contributed by atoms with Gasteiger partial charge in [0.15, 0.2) is 0 Å². The van der Waals surface area contributed by atoms with Crippen molar-refractivity contribution in [2.24, 2.45) is 5.73 Å². The molecule has 206 valence electrons. The van der Waals surface area contributed by atoms with Crippen LogP contribution in [0.5, 0.6) is 11.5 Å². The predicted molar refractivity (Wildman–Crippen MR) is 133 cm³/mol. The van der Waals surface area contributed by atoms with Crippen LogP contribution in [0.2, 0.25) is 0 Å². The Balaban J connectivity index is 1.78. The van der Waals surface area contributed by atoms with Crippen LogP contribution in [0, 0.1) is 5.41 Å². The van der Waals surface area contributed by atoms with Crippen molar-refractivity contribution < 1.29 is 45.4 Å². The molecule has 14 heteroatoms. The normalized spacial score (nSPS) is 11.4. The molecule has 3 rings (SSSR count). The number of hydrogen-bond donors (Lipinski definition) is 3. The van der Waals surface area contributed by atoms with Gasteiger partial charge in [0.1, 0.15) is 22.2 Å². The van der Waals surface area contributed by atoms with Crippen LogP contribution in [0.15, 0.2) is 71.6 Å². The molecule has 3 aromatic rings. The fraction of sp³-hybridized carbons (Fsp3) is 0.160. The minimum absolute atomic E-state index is 0.0476. The first-order valence-electron chi connectivity index (χ1n) is 11.0. The number of hydrogen-bond acceptors (Lipinski definition) is 8. The number of esters is 2. The van der Waals surface area contributed by atoms with Gasteiger partial charge in [-0.1, -0.05) is 30.3 Å². The molecule has 0 atom stereocenters. The van der Waals surface area contributed by atoms with Crippen molar-refractivity contribution in [3.8, 4) is 11.5 Å². The second-order valence-electron chi connectivity index (χ2n) is 7.88. The number of methoxy groups -OCH3 is 1. The fourth-order valence-electron chi connectivity index (χ4n) is 3.20. The minimum Gasteiger partial charge on any atom is -0.497 e. The van der Waals surface area contributed by atoms with Crippen LogP contribution < -0.4 is 19.9 Å². The highest BCUT2D eigenvalue weighted by molar-refractivity contribution is 7.92. The van der Waals surface area contributed by atoms with Gasteiger partial charge in [0.2, 0.25) is 0 Å². The standard InChI is InChI=1S/C25H22F3N3O7S/c1-36-19-9-10-21(20(14-19)37-12-11-15-5-7-16(8-6-15)22(29)30)39(34,35)31-18-4-2-3-17(13-18)23(32)38-24(33)25(26,27)28/h2-10,13-14,31H,11-12H2,1H3,(H3,29,30). The Kier molecular flexibility index (Phi) is 8.81. The molecule has 3 aromatic carbocycles. The molecule has 10 nitrogen and oxygen atoms in total. The van der Waals surface area contributed by atoms with Gasteiger partial charge in [-0.3, -0.25) is 10.1 Å². The van der Waals surface area contributed by atoms with Crippen molar-refractivity contribution in [1.82, 2.24) is 0 Å². The van der Waals surface area contributed by atoms with Crippen LogP contribution in [0.1, 0.15) is 21.5 Å². The molecule has 0 aliphatic carbocycles. The number of benzene rings is 3. The van der Waals surface area contributed by atoms with Crippen LogP contribution in [0.3, 0.4) is 0 Å². The van der Waals surface area contributed by atoms with E-state index < -0.39 is 33.7 Å². The molecule has 0 unspecified atom stereocenters. The van der Waals surface area contributed by atoms with E-state index in [1.54, 1.807) is 24.3 Å². The lowest BCUT2D eigenvalue weighted by Crippen LogP contribution is -2.28. The zero-order valence-corrected chi connectivity index (χ0v) is 21.1. The highest BCUT2D eigenvalue weighted by Gasteiger charge is 2.42. The number of carbonyl (C=O) groups is 2. The molecule has 39 heavy (non-hydrogen) atoms. The van der Waals surface area contributed by atoms with E-state index in [0.29, 0.717) is 17.7 Å². The molecule has 0 aliphatic heterocycles. The maximum absolute atomic E-state index is 13.2. The Morgan fingerprint density at radius 1 is 1.00 bits per heavy atom. The summed E-state index contributed by atoms with van der Waals surface area (Å²) in [7, 11) is -2.95. The van der Waals surface area contributed by atoms with Crippen molar-refractivity contribution >= 4 is 33.5 Å². The molecule has 0 saturated heterocycles. The van der Waals surface area contributed by atoms with Crippen LogP contribution in [-0.2, 0) is 26.0 Å². The average Bonchev–Trinajstić information content (AvgIpc) is 2.88. The number of halogens is 3. The number of sulfonamides is 1. The Bertz CT molecular complexity index is 1490. The quantitative estimate of drug-likeness (QED) is 0.145. The number of nitrogen functional groups attached to an aromatic ring is 1. The molecular formula is C25H22F3N3O7S. The lowest BCUT2D eigenvalue weighted by atomic mass is 10.1. The van der Waals surface area contributed by atoms with E-state index >= 15 is 0 Å². The van der Waals surface area contributed by atoms with Crippen molar-refractivity contribution in [3.05, 3.63) is 83.4 Å². The van der Waals surface area contributed by atoms with E-state index in [4.69, 9.17) is 20.6 Å². The van der Waals surface area contributed by atoms with Gasteiger partial charge in [0.25, 0.3) is 10.0 Å². The largest absolute Gasteiger partial charge is 0.497 e. The van der Waals surface area contributed by atoms with Crippen molar-refractivity contribution in [2.75, 3.05) is 18.4 Å². The summed E-state index contributed by atoms with van der Waals surface area (Å²) >= 11 is 0. The molecule has 4 N–H and O–H groups in total. The smallest absolute Gasteiger partial charge is 0.491 e. The first kappa shape index (κ1) is 29.0. The van der Waals surface area contributed by atoms with Crippen LogP contribution in [0.25, 0.3) is 0 Å². The predicted octanol–water partition coefficient (Wildman–Crippen LogP) is 3.65. The molecule has 0 spiro atoms. The van der Waals surface area contributed by atoms with Crippen molar-refractivity contribution in [3.63, 3.8) is 0 Å². The monoisotopic (exact) mass is 565 g/mol. The SMILES string of the molecule is COc1ccc(S(=O)(=O)Nc2cccc(C(=O)OC(=O)C(F)(F)F)c2)c(OCCc2ccc(C(=N)N)cc2)c1. The third-order valence-electron chi connectivity index (χ3n) is 5.12.